The van der Waals surface area contributed by atoms with Gasteiger partial charge < -0.3 is 20.1 Å². The van der Waals surface area contributed by atoms with E-state index in [1.54, 1.807) is 0 Å². The van der Waals surface area contributed by atoms with E-state index >= 15 is 0 Å². The molecule has 10 heteroatoms. The minimum Gasteiger partial charge on any atom is -0.480 e. The van der Waals surface area contributed by atoms with Gasteiger partial charge in [-0.1, -0.05) is 48.5 Å². The third-order valence-corrected chi connectivity index (χ3v) is 7.74. The summed E-state index contributed by atoms with van der Waals surface area (Å²) in [4.78, 5) is 37.1. The Morgan fingerprint density at radius 1 is 1.09 bits per heavy atom. The minimum absolute atomic E-state index is 0.0502. The summed E-state index contributed by atoms with van der Waals surface area (Å²) in [5, 5.41) is 11.6. The van der Waals surface area contributed by atoms with Crippen molar-refractivity contribution >= 4 is 29.7 Å². The van der Waals surface area contributed by atoms with E-state index in [0.29, 0.717) is 0 Å². The summed E-state index contributed by atoms with van der Waals surface area (Å²) in [5.74, 6) is -8.35. The number of fused-ring (bicyclic) bond motifs is 3. The molecule has 0 aromatic heterocycles. The average molecular weight is 489 g/mol. The standard InChI is InChI=1S/C24H22F2N2O5S/c25-24(26)18(20(24)21(29)28-12-34-11-19(28)22(30)31)9-27-23(32)33-10-17-15-7-3-1-5-13(15)14-6-2-4-8-16(14)17/h1-8,17-20H,9-12H2,(H,27,32)(H,30,31)/t18-,19-,20-/m0/s1. The number of benzene rings is 2. The van der Waals surface area contributed by atoms with Crippen LogP contribution >= 0.6 is 11.8 Å². The molecule has 5 rings (SSSR count). The van der Waals surface area contributed by atoms with Gasteiger partial charge in [0.25, 0.3) is 5.92 Å². The molecule has 0 radical (unpaired) electrons. The molecule has 34 heavy (non-hydrogen) atoms. The Labute approximate surface area is 198 Å². The fourth-order valence-corrected chi connectivity index (χ4v) is 6.02. The number of amides is 2. The number of nitrogens with zero attached hydrogens (tertiary/aromatic N) is 1. The predicted molar refractivity (Wildman–Crippen MR) is 121 cm³/mol. The first-order chi connectivity index (χ1) is 16.3. The van der Waals surface area contributed by atoms with Gasteiger partial charge in [0.2, 0.25) is 5.91 Å². The lowest BCUT2D eigenvalue weighted by Gasteiger charge is -2.20. The predicted octanol–water partition coefficient (Wildman–Crippen LogP) is 3.39. The summed E-state index contributed by atoms with van der Waals surface area (Å²) in [6.45, 7) is -0.382. The zero-order valence-electron chi connectivity index (χ0n) is 17.9. The van der Waals surface area contributed by atoms with Crippen molar-refractivity contribution in [2.24, 2.45) is 11.8 Å². The molecule has 2 fully saturated rings. The number of carboxylic acids is 1. The highest BCUT2D eigenvalue weighted by Gasteiger charge is 2.72. The molecule has 2 amide bonds. The van der Waals surface area contributed by atoms with Crippen molar-refractivity contribution in [2.75, 3.05) is 24.8 Å². The summed E-state index contributed by atoms with van der Waals surface area (Å²) in [6, 6.07) is 14.6. The Bertz CT molecular complexity index is 1110. The van der Waals surface area contributed by atoms with Gasteiger partial charge in [-0.15, -0.1) is 11.8 Å². The Kier molecular flexibility index (Phi) is 5.71. The van der Waals surface area contributed by atoms with Crippen LogP contribution in [0.3, 0.4) is 0 Å². The van der Waals surface area contributed by atoms with Gasteiger partial charge in [0.05, 0.1) is 11.8 Å². The van der Waals surface area contributed by atoms with Gasteiger partial charge >= 0.3 is 12.1 Å². The number of aliphatic carboxylic acids is 1. The van der Waals surface area contributed by atoms with Crippen molar-refractivity contribution in [3.63, 3.8) is 0 Å². The number of hydrogen-bond acceptors (Lipinski definition) is 5. The monoisotopic (exact) mass is 488 g/mol. The first kappa shape index (κ1) is 22.6. The number of alkyl halides is 2. The van der Waals surface area contributed by atoms with E-state index in [1.165, 1.54) is 11.8 Å². The van der Waals surface area contributed by atoms with Crippen molar-refractivity contribution in [1.82, 2.24) is 10.2 Å². The molecule has 0 spiro atoms. The highest BCUT2D eigenvalue weighted by atomic mass is 32.2. The number of thioether (sulfide) groups is 1. The molecule has 7 nitrogen and oxygen atoms in total. The van der Waals surface area contributed by atoms with Crippen molar-refractivity contribution < 1.29 is 33.0 Å². The molecule has 0 unspecified atom stereocenters. The van der Waals surface area contributed by atoms with E-state index < -0.39 is 48.3 Å². The molecule has 1 aliphatic heterocycles. The second kappa shape index (κ2) is 8.57. The lowest BCUT2D eigenvalue weighted by Crippen LogP contribution is -2.43. The molecule has 2 aromatic rings. The van der Waals surface area contributed by atoms with E-state index in [2.05, 4.69) is 5.32 Å². The molecule has 0 bridgehead atoms. The number of rotatable bonds is 6. The first-order valence-corrected chi connectivity index (χ1v) is 12.0. The van der Waals surface area contributed by atoms with Crippen molar-refractivity contribution in [3.8, 4) is 11.1 Å². The molecular weight excluding hydrogens is 466 g/mol. The molecule has 2 aliphatic carbocycles. The zero-order chi connectivity index (χ0) is 24.0. The molecule has 178 valence electrons. The summed E-state index contributed by atoms with van der Waals surface area (Å²) in [7, 11) is 0. The number of ether oxygens (including phenoxy) is 1. The largest absolute Gasteiger partial charge is 0.480 e. The maximum Gasteiger partial charge on any atom is 0.407 e. The van der Waals surface area contributed by atoms with Gasteiger partial charge in [-0.3, -0.25) is 4.79 Å². The van der Waals surface area contributed by atoms with Crippen LogP contribution in [0.25, 0.3) is 11.1 Å². The normalized spacial score (nSPS) is 24.3. The Morgan fingerprint density at radius 3 is 2.32 bits per heavy atom. The van der Waals surface area contributed by atoms with Crippen LogP contribution < -0.4 is 5.32 Å². The second-order valence-corrected chi connectivity index (χ2v) is 9.63. The third-order valence-electron chi connectivity index (χ3n) is 6.73. The average Bonchev–Trinajstić information content (AvgIpc) is 3.17. The van der Waals surface area contributed by atoms with Gasteiger partial charge in [0.15, 0.2) is 0 Å². The fourth-order valence-electron chi connectivity index (χ4n) is 4.87. The lowest BCUT2D eigenvalue weighted by molar-refractivity contribution is -0.149. The van der Waals surface area contributed by atoms with E-state index in [0.717, 1.165) is 27.2 Å². The SMILES string of the molecule is O=C(NC[C@H]1[C@@H](C(=O)N2CSC[C@H]2C(=O)O)C1(F)F)OCC1c2ccccc2-c2ccccc21. The van der Waals surface area contributed by atoms with Gasteiger partial charge in [-0.2, -0.15) is 0 Å². The van der Waals surface area contributed by atoms with Gasteiger partial charge in [-0.25, -0.2) is 18.4 Å². The van der Waals surface area contributed by atoms with Crippen LogP contribution in [0, 0.1) is 11.8 Å². The molecule has 2 N–H and O–H groups in total. The van der Waals surface area contributed by atoms with E-state index in [-0.39, 0.29) is 24.2 Å². The molecule has 3 aliphatic rings. The number of nitrogens with one attached hydrogen (secondary N) is 1. The number of carbonyl (C=O) groups excluding carboxylic acids is 2. The zero-order valence-corrected chi connectivity index (χ0v) is 18.8. The first-order valence-electron chi connectivity index (χ1n) is 10.9. The highest BCUT2D eigenvalue weighted by Crippen LogP contribution is 2.56. The smallest absolute Gasteiger partial charge is 0.407 e. The maximum absolute atomic E-state index is 14.3. The minimum atomic E-state index is -3.30. The molecule has 3 atom stereocenters. The van der Waals surface area contributed by atoms with E-state index in [9.17, 15) is 28.3 Å². The second-order valence-electron chi connectivity index (χ2n) is 8.63. The summed E-state index contributed by atoms with van der Waals surface area (Å²) >= 11 is 1.21. The number of carboxylic acid groups (broad SMARTS) is 1. The summed E-state index contributed by atoms with van der Waals surface area (Å²) in [5.41, 5.74) is 4.22. The van der Waals surface area contributed by atoms with Gasteiger partial charge in [0.1, 0.15) is 18.6 Å². The molecule has 1 heterocycles. The highest BCUT2D eigenvalue weighted by molar-refractivity contribution is 7.99. The van der Waals surface area contributed by atoms with Crippen LogP contribution in [-0.4, -0.2) is 64.7 Å². The molecule has 2 aromatic carbocycles. The lowest BCUT2D eigenvalue weighted by atomic mass is 9.98. The van der Waals surface area contributed by atoms with Crippen molar-refractivity contribution in [2.45, 2.75) is 17.9 Å². The Morgan fingerprint density at radius 2 is 1.71 bits per heavy atom. The summed E-state index contributed by atoms with van der Waals surface area (Å²) in [6.07, 6.45) is -0.837. The number of halogens is 2. The van der Waals surface area contributed by atoms with Gasteiger partial charge in [0, 0.05) is 18.2 Å². The van der Waals surface area contributed by atoms with Crippen molar-refractivity contribution in [1.29, 1.82) is 0 Å². The molecular formula is C24H22F2N2O5S. The number of hydrogen-bond donors (Lipinski definition) is 2. The quantitative estimate of drug-likeness (QED) is 0.647. The number of alkyl carbamates (subject to hydrolysis) is 1. The Hall–Kier alpha value is -3.14. The summed E-state index contributed by atoms with van der Waals surface area (Å²) < 4.78 is 34.0. The molecule has 1 saturated carbocycles. The van der Waals surface area contributed by atoms with Crippen molar-refractivity contribution in [3.05, 3.63) is 59.7 Å². The number of carbonyl (C=O) groups is 3. The fraction of sp³-hybridized carbons (Fsp3) is 0.375. The van der Waals surface area contributed by atoms with Crippen LogP contribution in [0.15, 0.2) is 48.5 Å². The Balaban J connectivity index is 1.17. The topological polar surface area (TPSA) is 95.9 Å². The maximum atomic E-state index is 14.3. The van der Waals surface area contributed by atoms with E-state index in [4.69, 9.17) is 4.74 Å². The van der Waals surface area contributed by atoms with Crippen LogP contribution in [0.4, 0.5) is 13.6 Å². The van der Waals surface area contributed by atoms with E-state index in [1.807, 2.05) is 48.5 Å². The van der Waals surface area contributed by atoms with Crippen LogP contribution in [0.1, 0.15) is 17.0 Å². The van der Waals surface area contributed by atoms with Crippen LogP contribution in [-0.2, 0) is 14.3 Å². The third kappa shape index (κ3) is 3.79. The van der Waals surface area contributed by atoms with Crippen LogP contribution in [0.2, 0.25) is 0 Å². The molecule has 1 saturated heterocycles. The van der Waals surface area contributed by atoms with Gasteiger partial charge in [-0.05, 0) is 22.3 Å². The van der Waals surface area contributed by atoms with Crippen LogP contribution in [0.5, 0.6) is 0 Å².